The Morgan fingerprint density at radius 1 is 1.43 bits per heavy atom. The standard InChI is InChI=1S/C15H20N2O4/c1-9(15(16)18)7-19-12-5-14-13(20-8-21-14)4-10(12)6-17-11-2-3-11/h4-5,9,11,17H,2-3,6-8H2,1H3,(H2,16,18). The number of nitrogens with two attached hydrogens (primary N) is 1. The summed E-state index contributed by atoms with van der Waals surface area (Å²) in [6.45, 7) is 2.94. The molecule has 2 aliphatic rings. The van der Waals surface area contributed by atoms with Crippen molar-refractivity contribution < 1.29 is 19.0 Å². The molecule has 21 heavy (non-hydrogen) atoms. The number of hydrogen-bond donors (Lipinski definition) is 2. The number of carbonyl (C=O) groups is 1. The number of hydrogen-bond acceptors (Lipinski definition) is 5. The number of fused-ring (bicyclic) bond motifs is 1. The predicted octanol–water partition coefficient (Wildman–Crippen LogP) is 1.17. The molecule has 6 nitrogen and oxygen atoms in total. The van der Waals surface area contributed by atoms with Crippen LogP contribution < -0.4 is 25.3 Å². The number of primary amides is 1. The van der Waals surface area contributed by atoms with Crippen LogP contribution in [0.2, 0.25) is 0 Å². The summed E-state index contributed by atoms with van der Waals surface area (Å²) in [5.41, 5.74) is 6.26. The van der Waals surface area contributed by atoms with Gasteiger partial charge in [-0.25, -0.2) is 0 Å². The fourth-order valence-corrected chi connectivity index (χ4v) is 2.08. The highest BCUT2D eigenvalue weighted by Gasteiger charge is 2.23. The molecule has 1 amide bonds. The minimum absolute atomic E-state index is 0.228. The van der Waals surface area contributed by atoms with Crippen LogP contribution in [0.15, 0.2) is 12.1 Å². The minimum atomic E-state index is -0.367. The van der Waals surface area contributed by atoms with Crippen LogP contribution in [0.3, 0.4) is 0 Å². The SMILES string of the molecule is CC(COc1cc2c(cc1CNC1CC1)OCO2)C(N)=O. The molecule has 1 heterocycles. The summed E-state index contributed by atoms with van der Waals surface area (Å²) in [6, 6.07) is 4.36. The van der Waals surface area contributed by atoms with E-state index in [2.05, 4.69) is 5.32 Å². The summed E-state index contributed by atoms with van der Waals surface area (Å²) in [4.78, 5) is 11.1. The molecule has 3 rings (SSSR count). The number of rotatable bonds is 7. The molecule has 114 valence electrons. The Kier molecular flexibility index (Phi) is 3.88. The Morgan fingerprint density at radius 3 is 2.81 bits per heavy atom. The van der Waals surface area contributed by atoms with Crippen LogP contribution in [0.1, 0.15) is 25.3 Å². The van der Waals surface area contributed by atoms with E-state index in [0.717, 1.165) is 11.3 Å². The van der Waals surface area contributed by atoms with Gasteiger partial charge in [0.2, 0.25) is 12.7 Å². The van der Waals surface area contributed by atoms with Crippen LogP contribution in [0.4, 0.5) is 0 Å². The van der Waals surface area contributed by atoms with Crippen molar-refractivity contribution in [2.24, 2.45) is 11.7 Å². The first-order chi connectivity index (χ1) is 10.1. The number of carbonyl (C=O) groups excluding carboxylic acids is 1. The van der Waals surface area contributed by atoms with Gasteiger partial charge in [-0.15, -0.1) is 0 Å². The molecule has 1 atom stereocenters. The zero-order valence-electron chi connectivity index (χ0n) is 12.1. The largest absolute Gasteiger partial charge is 0.492 e. The van der Waals surface area contributed by atoms with Crippen molar-refractivity contribution in [2.75, 3.05) is 13.4 Å². The molecule has 1 saturated carbocycles. The number of ether oxygens (including phenoxy) is 3. The molecule has 1 unspecified atom stereocenters. The van der Waals surface area contributed by atoms with Gasteiger partial charge in [0.25, 0.3) is 0 Å². The van der Waals surface area contributed by atoms with Crippen molar-refractivity contribution in [1.29, 1.82) is 0 Å². The third kappa shape index (κ3) is 3.39. The summed E-state index contributed by atoms with van der Waals surface area (Å²) < 4.78 is 16.5. The third-order valence-electron chi connectivity index (χ3n) is 3.69. The van der Waals surface area contributed by atoms with Gasteiger partial charge in [0, 0.05) is 24.2 Å². The topological polar surface area (TPSA) is 82.8 Å². The lowest BCUT2D eigenvalue weighted by atomic mass is 10.1. The Hall–Kier alpha value is -1.95. The monoisotopic (exact) mass is 292 g/mol. The van der Waals surface area contributed by atoms with E-state index in [0.29, 0.717) is 24.1 Å². The van der Waals surface area contributed by atoms with Crippen LogP contribution in [0.25, 0.3) is 0 Å². The maximum Gasteiger partial charge on any atom is 0.231 e. The average molecular weight is 292 g/mol. The molecule has 0 bridgehead atoms. The fourth-order valence-electron chi connectivity index (χ4n) is 2.08. The molecule has 1 fully saturated rings. The summed E-state index contributed by atoms with van der Waals surface area (Å²) in [7, 11) is 0. The first-order valence-corrected chi connectivity index (χ1v) is 7.21. The Bertz CT molecular complexity index is 543. The summed E-state index contributed by atoms with van der Waals surface area (Å²) in [6.07, 6.45) is 2.44. The normalized spacial score (nSPS) is 17.6. The molecule has 0 aromatic heterocycles. The van der Waals surface area contributed by atoms with Crippen molar-refractivity contribution in [1.82, 2.24) is 5.32 Å². The Labute approximate surface area is 123 Å². The second kappa shape index (κ2) is 5.81. The number of benzene rings is 1. The van der Waals surface area contributed by atoms with E-state index in [1.807, 2.05) is 12.1 Å². The first kappa shape index (κ1) is 14.0. The zero-order valence-corrected chi connectivity index (χ0v) is 12.1. The highest BCUT2D eigenvalue weighted by atomic mass is 16.7. The maximum atomic E-state index is 11.1. The van der Waals surface area contributed by atoms with Crippen molar-refractivity contribution in [3.8, 4) is 17.2 Å². The minimum Gasteiger partial charge on any atom is -0.492 e. The Balaban J connectivity index is 1.73. The van der Waals surface area contributed by atoms with E-state index < -0.39 is 0 Å². The fraction of sp³-hybridized carbons (Fsp3) is 0.533. The average Bonchev–Trinajstić information content (AvgIpc) is 3.18. The van der Waals surface area contributed by atoms with Gasteiger partial charge >= 0.3 is 0 Å². The van der Waals surface area contributed by atoms with Crippen LogP contribution in [-0.2, 0) is 11.3 Å². The van der Waals surface area contributed by atoms with Crippen molar-refractivity contribution in [2.45, 2.75) is 32.4 Å². The van der Waals surface area contributed by atoms with E-state index in [9.17, 15) is 4.79 Å². The van der Waals surface area contributed by atoms with E-state index in [4.69, 9.17) is 19.9 Å². The number of amides is 1. The highest BCUT2D eigenvalue weighted by Crippen LogP contribution is 2.38. The van der Waals surface area contributed by atoms with Gasteiger partial charge in [-0.1, -0.05) is 6.92 Å². The molecule has 1 aliphatic carbocycles. The second-order valence-corrected chi connectivity index (χ2v) is 5.58. The molecule has 1 aromatic carbocycles. The lowest BCUT2D eigenvalue weighted by Crippen LogP contribution is -2.26. The zero-order chi connectivity index (χ0) is 14.8. The van der Waals surface area contributed by atoms with Gasteiger partial charge < -0.3 is 25.3 Å². The number of nitrogens with one attached hydrogen (secondary N) is 1. The predicted molar refractivity (Wildman–Crippen MR) is 76.3 cm³/mol. The van der Waals surface area contributed by atoms with Gasteiger partial charge in [0.05, 0.1) is 12.5 Å². The van der Waals surface area contributed by atoms with Gasteiger partial charge in [0.15, 0.2) is 11.5 Å². The molecule has 6 heteroatoms. The lowest BCUT2D eigenvalue weighted by molar-refractivity contribution is -0.122. The van der Waals surface area contributed by atoms with E-state index in [1.165, 1.54) is 12.8 Å². The summed E-state index contributed by atoms with van der Waals surface area (Å²) in [5, 5.41) is 3.45. The molecule has 0 spiro atoms. The first-order valence-electron chi connectivity index (χ1n) is 7.21. The van der Waals surface area contributed by atoms with Gasteiger partial charge in [-0.2, -0.15) is 0 Å². The van der Waals surface area contributed by atoms with Crippen molar-refractivity contribution in [3.63, 3.8) is 0 Å². The molecule has 1 aliphatic heterocycles. The van der Waals surface area contributed by atoms with Gasteiger partial charge in [-0.05, 0) is 18.9 Å². The van der Waals surface area contributed by atoms with E-state index in [1.54, 1.807) is 6.92 Å². The van der Waals surface area contributed by atoms with E-state index in [-0.39, 0.29) is 25.2 Å². The molecule has 0 saturated heterocycles. The van der Waals surface area contributed by atoms with Gasteiger partial charge in [-0.3, -0.25) is 4.79 Å². The maximum absolute atomic E-state index is 11.1. The molecular weight excluding hydrogens is 272 g/mol. The van der Waals surface area contributed by atoms with Crippen LogP contribution in [0, 0.1) is 5.92 Å². The molecule has 0 radical (unpaired) electrons. The van der Waals surface area contributed by atoms with Crippen molar-refractivity contribution in [3.05, 3.63) is 17.7 Å². The summed E-state index contributed by atoms with van der Waals surface area (Å²) in [5.74, 6) is 1.42. The van der Waals surface area contributed by atoms with Crippen molar-refractivity contribution >= 4 is 5.91 Å². The lowest BCUT2D eigenvalue weighted by Gasteiger charge is -2.15. The molecular formula is C15H20N2O4. The molecule has 1 aromatic rings. The van der Waals surface area contributed by atoms with Crippen LogP contribution in [-0.4, -0.2) is 25.3 Å². The van der Waals surface area contributed by atoms with Crippen LogP contribution >= 0.6 is 0 Å². The highest BCUT2D eigenvalue weighted by molar-refractivity contribution is 5.76. The summed E-state index contributed by atoms with van der Waals surface area (Å²) >= 11 is 0. The third-order valence-corrected chi connectivity index (χ3v) is 3.69. The quantitative estimate of drug-likeness (QED) is 0.788. The van der Waals surface area contributed by atoms with E-state index >= 15 is 0 Å². The van der Waals surface area contributed by atoms with Gasteiger partial charge in [0.1, 0.15) is 5.75 Å². The Morgan fingerprint density at radius 2 is 2.14 bits per heavy atom. The smallest absolute Gasteiger partial charge is 0.231 e. The molecule has 3 N–H and O–H groups in total. The van der Waals surface area contributed by atoms with Crippen LogP contribution in [0.5, 0.6) is 17.2 Å². The second-order valence-electron chi connectivity index (χ2n) is 5.58.